The summed E-state index contributed by atoms with van der Waals surface area (Å²) in [6, 6.07) is 8.81. The maximum absolute atomic E-state index is 5.66. The molecular weight excluding hydrogens is 220 g/mol. The molecule has 100 valence electrons. The highest BCUT2D eigenvalue weighted by molar-refractivity contribution is 5.57. The molecule has 0 amide bonds. The molecule has 0 unspecified atom stereocenters. The fourth-order valence-electron chi connectivity index (χ4n) is 2.90. The van der Waals surface area contributed by atoms with E-state index in [9.17, 15) is 0 Å². The third-order valence-electron chi connectivity index (χ3n) is 4.09. The van der Waals surface area contributed by atoms with Gasteiger partial charge in [-0.15, -0.1) is 0 Å². The van der Waals surface area contributed by atoms with Crippen molar-refractivity contribution in [2.75, 3.05) is 24.5 Å². The van der Waals surface area contributed by atoms with Gasteiger partial charge in [-0.2, -0.15) is 0 Å². The average Bonchev–Trinajstić information content (AvgIpc) is 2.73. The van der Waals surface area contributed by atoms with E-state index in [0.29, 0.717) is 5.41 Å². The largest absolute Gasteiger partial charge is 0.371 e. The van der Waals surface area contributed by atoms with E-state index in [-0.39, 0.29) is 0 Å². The molecule has 0 saturated carbocycles. The van der Waals surface area contributed by atoms with Crippen molar-refractivity contribution >= 4 is 5.69 Å². The summed E-state index contributed by atoms with van der Waals surface area (Å²) in [5.41, 5.74) is 9.02. The first-order valence-corrected chi connectivity index (χ1v) is 7.15. The topological polar surface area (TPSA) is 29.3 Å². The van der Waals surface area contributed by atoms with Gasteiger partial charge in [0.05, 0.1) is 0 Å². The number of nitrogens with zero attached hydrogens (tertiary/aromatic N) is 1. The zero-order valence-corrected chi connectivity index (χ0v) is 11.8. The van der Waals surface area contributed by atoms with Crippen LogP contribution >= 0.6 is 0 Å². The summed E-state index contributed by atoms with van der Waals surface area (Å²) in [7, 11) is 0. The lowest BCUT2D eigenvalue weighted by Crippen LogP contribution is -2.24. The number of nitrogens with two attached hydrogens (primary N) is 1. The minimum atomic E-state index is 0.397. The molecular formula is C16H26N2. The minimum Gasteiger partial charge on any atom is -0.371 e. The third kappa shape index (κ3) is 3.26. The van der Waals surface area contributed by atoms with Crippen molar-refractivity contribution in [2.45, 2.75) is 39.5 Å². The van der Waals surface area contributed by atoms with Crippen LogP contribution in [0.4, 0.5) is 5.69 Å². The van der Waals surface area contributed by atoms with Gasteiger partial charge < -0.3 is 10.6 Å². The monoisotopic (exact) mass is 246 g/mol. The SMILES string of the molecule is CC(C)(CCN)CCCN1CCc2ccccc21. The Hall–Kier alpha value is -1.02. The van der Waals surface area contributed by atoms with Crippen molar-refractivity contribution in [2.24, 2.45) is 11.1 Å². The summed E-state index contributed by atoms with van der Waals surface area (Å²) >= 11 is 0. The quantitative estimate of drug-likeness (QED) is 0.835. The van der Waals surface area contributed by atoms with Gasteiger partial charge in [0.15, 0.2) is 0 Å². The van der Waals surface area contributed by atoms with E-state index in [2.05, 4.69) is 43.0 Å². The molecule has 0 aliphatic carbocycles. The molecule has 0 saturated heterocycles. The van der Waals surface area contributed by atoms with E-state index in [1.54, 1.807) is 0 Å². The highest BCUT2D eigenvalue weighted by Crippen LogP contribution is 2.30. The van der Waals surface area contributed by atoms with Crippen LogP contribution < -0.4 is 10.6 Å². The van der Waals surface area contributed by atoms with E-state index in [0.717, 1.165) is 13.0 Å². The normalized spacial score (nSPS) is 14.9. The lowest BCUT2D eigenvalue weighted by atomic mass is 9.84. The molecule has 0 aromatic heterocycles. The van der Waals surface area contributed by atoms with Crippen molar-refractivity contribution in [1.82, 2.24) is 0 Å². The predicted octanol–water partition coefficient (Wildman–Crippen LogP) is 3.20. The molecule has 1 heterocycles. The van der Waals surface area contributed by atoms with Crippen LogP contribution in [0.15, 0.2) is 24.3 Å². The van der Waals surface area contributed by atoms with Crippen molar-refractivity contribution in [3.8, 4) is 0 Å². The lowest BCUT2D eigenvalue weighted by Gasteiger charge is -2.26. The van der Waals surface area contributed by atoms with Gasteiger partial charge in [-0.05, 0) is 49.3 Å². The molecule has 0 spiro atoms. The Morgan fingerprint density at radius 3 is 2.78 bits per heavy atom. The second-order valence-electron chi connectivity index (χ2n) is 6.17. The summed E-state index contributed by atoms with van der Waals surface area (Å²) in [5.74, 6) is 0. The molecule has 2 heteroatoms. The van der Waals surface area contributed by atoms with Crippen LogP contribution in [0, 0.1) is 5.41 Å². The van der Waals surface area contributed by atoms with Gasteiger partial charge in [0, 0.05) is 18.8 Å². The second-order valence-corrected chi connectivity index (χ2v) is 6.17. The molecule has 1 aliphatic heterocycles. The number of hydrogen-bond acceptors (Lipinski definition) is 2. The zero-order chi connectivity index (χ0) is 13.0. The first-order chi connectivity index (χ1) is 8.62. The van der Waals surface area contributed by atoms with E-state index in [4.69, 9.17) is 5.73 Å². The van der Waals surface area contributed by atoms with Crippen LogP contribution in [-0.4, -0.2) is 19.6 Å². The molecule has 2 nitrogen and oxygen atoms in total. The Bertz CT molecular complexity index is 384. The second kappa shape index (κ2) is 5.75. The van der Waals surface area contributed by atoms with Crippen molar-refractivity contribution in [1.29, 1.82) is 0 Å². The first-order valence-electron chi connectivity index (χ1n) is 7.15. The van der Waals surface area contributed by atoms with Crippen LogP contribution in [0.3, 0.4) is 0 Å². The maximum Gasteiger partial charge on any atom is 0.0399 e. The van der Waals surface area contributed by atoms with Crippen LogP contribution in [0.25, 0.3) is 0 Å². The Kier molecular flexibility index (Phi) is 4.28. The number of rotatable bonds is 6. The molecule has 0 atom stereocenters. The molecule has 2 rings (SSSR count). The van der Waals surface area contributed by atoms with Crippen LogP contribution in [-0.2, 0) is 6.42 Å². The van der Waals surface area contributed by atoms with Gasteiger partial charge in [0.1, 0.15) is 0 Å². The minimum absolute atomic E-state index is 0.397. The number of hydrogen-bond donors (Lipinski definition) is 1. The number of fused-ring (bicyclic) bond motifs is 1. The van der Waals surface area contributed by atoms with E-state index >= 15 is 0 Å². The van der Waals surface area contributed by atoms with E-state index < -0.39 is 0 Å². The van der Waals surface area contributed by atoms with Gasteiger partial charge in [-0.1, -0.05) is 32.0 Å². The van der Waals surface area contributed by atoms with Gasteiger partial charge in [-0.25, -0.2) is 0 Å². The number of para-hydroxylation sites is 1. The Balaban J connectivity index is 1.82. The molecule has 1 aromatic rings. The zero-order valence-electron chi connectivity index (χ0n) is 11.8. The lowest BCUT2D eigenvalue weighted by molar-refractivity contribution is 0.305. The molecule has 18 heavy (non-hydrogen) atoms. The van der Waals surface area contributed by atoms with Gasteiger partial charge in [0.25, 0.3) is 0 Å². The van der Waals surface area contributed by atoms with E-state index in [1.165, 1.54) is 43.6 Å². The van der Waals surface area contributed by atoms with Gasteiger partial charge in [0.2, 0.25) is 0 Å². The summed E-state index contributed by atoms with van der Waals surface area (Å²) in [5, 5.41) is 0. The smallest absolute Gasteiger partial charge is 0.0399 e. The summed E-state index contributed by atoms with van der Waals surface area (Å²) in [4.78, 5) is 2.54. The predicted molar refractivity (Wildman–Crippen MR) is 79.0 cm³/mol. The fraction of sp³-hybridized carbons (Fsp3) is 0.625. The van der Waals surface area contributed by atoms with Gasteiger partial charge in [-0.3, -0.25) is 0 Å². The Labute approximate surface area is 111 Å². The highest BCUT2D eigenvalue weighted by atomic mass is 15.1. The number of benzene rings is 1. The molecule has 0 bridgehead atoms. The standard InChI is InChI=1S/C16H26N2/c1-16(2,10-11-17)9-5-12-18-13-8-14-6-3-4-7-15(14)18/h3-4,6-7H,5,8-13,17H2,1-2H3. The highest BCUT2D eigenvalue weighted by Gasteiger charge is 2.20. The van der Waals surface area contributed by atoms with Crippen LogP contribution in [0.1, 0.15) is 38.7 Å². The van der Waals surface area contributed by atoms with Crippen molar-refractivity contribution < 1.29 is 0 Å². The van der Waals surface area contributed by atoms with Gasteiger partial charge >= 0.3 is 0 Å². The Morgan fingerprint density at radius 2 is 2.00 bits per heavy atom. The number of anilines is 1. The maximum atomic E-state index is 5.66. The van der Waals surface area contributed by atoms with Crippen LogP contribution in [0.2, 0.25) is 0 Å². The first kappa shape index (κ1) is 13.4. The summed E-state index contributed by atoms with van der Waals surface area (Å²) in [6.45, 7) is 7.84. The van der Waals surface area contributed by atoms with Crippen molar-refractivity contribution in [3.05, 3.63) is 29.8 Å². The van der Waals surface area contributed by atoms with Crippen molar-refractivity contribution in [3.63, 3.8) is 0 Å². The fourth-order valence-corrected chi connectivity index (χ4v) is 2.90. The molecule has 0 fully saturated rings. The molecule has 1 aliphatic rings. The van der Waals surface area contributed by atoms with E-state index in [1.807, 2.05) is 0 Å². The summed E-state index contributed by atoms with van der Waals surface area (Å²) < 4.78 is 0. The van der Waals surface area contributed by atoms with Crippen LogP contribution in [0.5, 0.6) is 0 Å². The molecule has 1 aromatic carbocycles. The summed E-state index contributed by atoms with van der Waals surface area (Å²) in [6.07, 6.45) is 4.87. The Morgan fingerprint density at radius 1 is 1.22 bits per heavy atom. The third-order valence-corrected chi connectivity index (χ3v) is 4.09. The molecule has 2 N–H and O–H groups in total. The average molecular weight is 246 g/mol. The molecule has 0 radical (unpaired) electrons.